The van der Waals surface area contributed by atoms with Crippen molar-refractivity contribution in [1.29, 1.82) is 0 Å². The molecular formula is C16H13ClN4OS. The molecular weight excluding hydrogens is 332 g/mol. The minimum absolute atomic E-state index is 0.251. The van der Waals surface area contributed by atoms with E-state index in [1.165, 1.54) is 11.8 Å². The van der Waals surface area contributed by atoms with Crippen LogP contribution in [0.15, 0.2) is 64.8 Å². The van der Waals surface area contributed by atoms with Gasteiger partial charge in [-0.15, -0.1) is 0 Å². The summed E-state index contributed by atoms with van der Waals surface area (Å²) < 4.78 is 1.66. The Morgan fingerprint density at radius 3 is 2.70 bits per heavy atom. The minimum atomic E-state index is -0.251. The number of carbonyl (C=O) groups is 1. The molecule has 1 amide bonds. The van der Waals surface area contributed by atoms with Gasteiger partial charge in [0.25, 0.3) is 5.91 Å². The molecule has 3 aromatic rings. The first kappa shape index (κ1) is 15.6. The summed E-state index contributed by atoms with van der Waals surface area (Å²) in [5.41, 5.74) is 1.04. The van der Waals surface area contributed by atoms with Crippen molar-refractivity contribution in [3.8, 4) is 5.69 Å². The molecule has 7 heteroatoms. The van der Waals surface area contributed by atoms with E-state index in [0.29, 0.717) is 16.4 Å². The number of nitrogens with one attached hydrogen (secondary N) is 1. The Kier molecular flexibility index (Phi) is 4.64. The van der Waals surface area contributed by atoms with Gasteiger partial charge in [0.1, 0.15) is 10.1 Å². The highest BCUT2D eigenvalue weighted by atomic mass is 35.5. The maximum atomic E-state index is 11.9. The zero-order chi connectivity index (χ0) is 16.2. The van der Waals surface area contributed by atoms with Crippen molar-refractivity contribution >= 4 is 29.3 Å². The van der Waals surface area contributed by atoms with Gasteiger partial charge in [-0.25, -0.2) is 9.67 Å². The number of benzene rings is 1. The number of nitrogens with zero attached hydrogens (tertiary/aromatic N) is 3. The molecule has 0 spiro atoms. The van der Waals surface area contributed by atoms with Crippen LogP contribution in [0.3, 0.4) is 0 Å². The van der Waals surface area contributed by atoms with Gasteiger partial charge in [-0.1, -0.05) is 29.8 Å². The Balaban J connectivity index is 2.08. The predicted molar refractivity (Wildman–Crippen MR) is 90.3 cm³/mol. The fraction of sp³-hybridized carbons (Fsp3) is 0.0625. The second-order valence-electron chi connectivity index (χ2n) is 4.58. The highest BCUT2D eigenvalue weighted by molar-refractivity contribution is 7.99. The predicted octanol–water partition coefficient (Wildman–Crippen LogP) is 3.43. The normalized spacial score (nSPS) is 10.5. The lowest BCUT2D eigenvalue weighted by Gasteiger charge is -2.08. The van der Waals surface area contributed by atoms with Crippen LogP contribution in [-0.2, 0) is 0 Å². The molecule has 0 radical (unpaired) electrons. The quantitative estimate of drug-likeness (QED) is 0.787. The van der Waals surface area contributed by atoms with E-state index < -0.39 is 0 Å². The Morgan fingerprint density at radius 2 is 2.00 bits per heavy atom. The number of carbonyl (C=O) groups excluding carboxylic acids is 1. The van der Waals surface area contributed by atoms with Crippen LogP contribution in [0.25, 0.3) is 5.69 Å². The molecule has 0 bridgehead atoms. The van der Waals surface area contributed by atoms with E-state index in [1.807, 2.05) is 36.4 Å². The number of para-hydroxylation sites is 1. The van der Waals surface area contributed by atoms with E-state index in [4.69, 9.17) is 11.6 Å². The van der Waals surface area contributed by atoms with Crippen LogP contribution in [0.1, 0.15) is 10.5 Å². The second-order valence-corrected chi connectivity index (χ2v) is 6.03. The van der Waals surface area contributed by atoms with Crippen LogP contribution in [0.2, 0.25) is 5.02 Å². The lowest BCUT2D eigenvalue weighted by Crippen LogP contribution is -2.18. The molecule has 116 valence electrons. The molecule has 0 aliphatic carbocycles. The average Bonchev–Trinajstić information content (AvgIpc) is 2.99. The zero-order valence-electron chi connectivity index (χ0n) is 12.2. The first-order chi connectivity index (χ1) is 11.2. The summed E-state index contributed by atoms with van der Waals surface area (Å²) in [4.78, 5) is 16.2. The van der Waals surface area contributed by atoms with Gasteiger partial charge < -0.3 is 5.32 Å². The van der Waals surface area contributed by atoms with Gasteiger partial charge in [0.05, 0.1) is 10.7 Å². The molecule has 0 aliphatic rings. The van der Waals surface area contributed by atoms with Crippen molar-refractivity contribution in [2.45, 2.75) is 10.1 Å². The summed E-state index contributed by atoms with van der Waals surface area (Å²) in [5, 5.41) is 9.09. The fourth-order valence-corrected chi connectivity index (χ4v) is 3.07. The standard InChI is InChI=1S/C16H13ClN4OS/c1-18-16(22)12-10-15(23-14-8-4-5-9-19-14)21(20-12)13-7-3-2-6-11(13)17/h2-10H,1H3,(H,18,22). The molecule has 5 nitrogen and oxygen atoms in total. The van der Waals surface area contributed by atoms with Crippen molar-refractivity contribution in [2.75, 3.05) is 7.05 Å². The van der Waals surface area contributed by atoms with Gasteiger partial charge >= 0.3 is 0 Å². The maximum absolute atomic E-state index is 11.9. The zero-order valence-corrected chi connectivity index (χ0v) is 13.8. The van der Waals surface area contributed by atoms with Crippen LogP contribution in [0, 0.1) is 0 Å². The van der Waals surface area contributed by atoms with Gasteiger partial charge in [-0.2, -0.15) is 5.10 Å². The highest BCUT2D eigenvalue weighted by Crippen LogP contribution is 2.31. The second kappa shape index (κ2) is 6.85. The lowest BCUT2D eigenvalue weighted by atomic mass is 10.3. The monoisotopic (exact) mass is 344 g/mol. The number of amides is 1. The Bertz CT molecular complexity index is 835. The van der Waals surface area contributed by atoms with Crippen LogP contribution < -0.4 is 5.32 Å². The summed E-state index contributed by atoms with van der Waals surface area (Å²) in [6.45, 7) is 0. The van der Waals surface area contributed by atoms with Crippen molar-refractivity contribution in [3.63, 3.8) is 0 Å². The number of halogens is 1. The lowest BCUT2D eigenvalue weighted by molar-refractivity contribution is 0.0957. The summed E-state index contributed by atoms with van der Waals surface area (Å²) in [6.07, 6.45) is 1.72. The van der Waals surface area contributed by atoms with Crippen LogP contribution in [-0.4, -0.2) is 27.7 Å². The molecule has 0 aliphatic heterocycles. The molecule has 3 rings (SSSR count). The first-order valence-corrected chi connectivity index (χ1v) is 8.04. The third kappa shape index (κ3) is 3.38. The molecule has 1 N–H and O–H groups in total. The number of rotatable bonds is 4. The van der Waals surface area contributed by atoms with Gasteiger partial charge in [-0.3, -0.25) is 4.79 Å². The first-order valence-electron chi connectivity index (χ1n) is 6.85. The highest BCUT2D eigenvalue weighted by Gasteiger charge is 2.17. The number of pyridine rings is 1. The van der Waals surface area contributed by atoms with Gasteiger partial charge in [0.2, 0.25) is 0 Å². The third-order valence-corrected chi connectivity index (χ3v) is 4.33. The van der Waals surface area contributed by atoms with Gasteiger partial charge in [-0.05, 0) is 36.0 Å². The van der Waals surface area contributed by atoms with Crippen molar-refractivity contribution in [2.24, 2.45) is 0 Å². The summed E-state index contributed by atoms with van der Waals surface area (Å²) in [5.74, 6) is -0.251. The maximum Gasteiger partial charge on any atom is 0.271 e. The van der Waals surface area contributed by atoms with E-state index in [-0.39, 0.29) is 5.91 Å². The number of aromatic nitrogens is 3. The molecule has 2 heterocycles. The summed E-state index contributed by atoms with van der Waals surface area (Å²) in [7, 11) is 1.57. The van der Waals surface area contributed by atoms with Crippen molar-refractivity contribution in [1.82, 2.24) is 20.1 Å². The van der Waals surface area contributed by atoms with E-state index in [2.05, 4.69) is 15.4 Å². The third-order valence-electron chi connectivity index (χ3n) is 3.06. The largest absolute Gasteiger partial charge is 0.354 e. The topological polar surface area (TPSA) is 59.8 Å². The molecule has 0 saturated carbocycles. The van der Waals surface area contributed by atoms with Crippen molar-refractivity contribution < 1.29 is 4.79 Å². The molecule has 23 heavy (non-hydrogen) atoms. The average molecular weight is 345 g/mol. The van der Waals surface area contributed by atoms with Crippen LogP contribution in [0.4, 0.5) is 0 Å². The number of hydrogen-bond acceptors (Lipinski definition) is 4. The van der Waals surface area contributed by atoms with Crippen LogP contribution >= 0.6 is 23.4 Å². The van der Waals surface area contributed by atoms with Crippen molar-refractivity contribution in [3.05, 3.63) is 65.4 Å². The summed E-state index contributed by atoms with van der Waals surface area (Å²) in [6, 6.07) is 14.7. The Hall–Kier alpha value is -2.31. The molecule has 1 aromatic carbocycles. The molecule has 2 aromatic heterocycles. The van der Waals surface area contributed by atoms with E-state index >= 15 is 0 Å². The van der Waals surface area contributed by atoms with E-state index in [9.17, 15) is 4.79 Å². The van der Waals surface area contributed by atoms with E-state index in [1.54, 1.807) is 30.1 Å². The molecule has 0 fully saturated rings. The number of hydrogen-bond donors (Lipinski definition) is 1. The smallest absolute Gasteiger partial charge is 0.271 e. The molecule has 0 atom stereocenters. The molecule has 0 unspecified atom stereocenters. The SMILES string of the molecule is CNC(=O)c1cc(Sc2ccccn2)n(-c2ccccc2Cl)n1. The van der Waals surface area contributed by atoms with Crippen LogP contribution in [0.5, 0.6) is 0 Å². The Labute approximate surface area is 142 Å². The molecule has 0 saturated heterocycles. The fourth-order valence-electron chi connectivity index (χ4n) is 1.99. The summed E-state index contributed by atoms with van der Waals surface area (Å²) >= 11 is 7.69. The van der Waals surface area contributed by atoms with Gasteiger partial charge in [0.15, 0.2) is 5.69 Å². The Morgan fingerprint density at radius 1 is 1.22 bits per heavy atom. The van der Waals surface area contributed by atoms with E-state index in [0.717, 1.165) is 10.1 Å². The minimum Gasteiger partial charge on any atom is -0.354 e. The van der Waals surface area contributed by atoms with Gasteiger partial charge in [0, 0.05) is 19.3 Å².